The highest BCUT2D eigenvalue weighted by Gasteiger charge is 1.94. The van der Waals surface area contributed by atoms with E-state index in [2.05, 4.69) is 38.5 Å². The Labute approximate surface area is 70.4 Å². The Balaban J connectivity index is 3.64. The Hall–Kier alpha value is -0.560. The highest BCUT2D eigenvalue weighted by Crippen LogP contribution is 1.97. The van der Waals surface area contributed by atoms with Crippen molar-refractivity contribution < 1.29 is 0 Å². The summed E-state index contributed by atoms with van der Waals surface area (Å²) in [5.41, 5.74) is 1.44. The third kappa shape index (κ3) is 5.86. The summed E-state index contributed by atoms with van der Waals surface area (Å²) in [7, 11) is 2.11. The molecule has 0 rings (SSSR count). The summed E-state index contributed by atoms with van der Waals surface area (Å²) in [6, 6.07) is 0. The molecule has 64 valence electrons. The van der Waals surface area contributed by atoms with Crippen LogP contribution in [0.3, 0.4) is 0 Å². The maximum Gasteiger partial charge on any atom is 0.0190 e. The van der Waals surface area contributed by atoms with Gasteiger partial charge < -0.3 is 0 Å². The van der Waals surface area contributed by atoms with Crippen molar-refractivity contribution in [3.05, 3.63) is 24.3 Å². The Morgan fingerprint density at radius 2 is 2.18 bits per heavy atom. The minimum Gasteiger partial charge on any atom is -0.299 e. The Morgan fingerprint density at radius 3 is 2.64 bits per heavy atom. The molecule has 0 saturated heterocycles. The number of hydrogen-bond acceptors (Lipinski definition) is 1. The van der Waals surface area contributed by atoms with E-state index in [1.807, 2.05) is 6.08 Å². The number of likely N-dealkylation sites (N-methyl/N-ethyl adjacent to an activating group) is 1. The molecule has 0 saturated carbocycles. The fourth-order valence-electron chi connectivity index (χ4n) is 1.12. The van der Waals surface area contributed by atoms with Gasteiger partial charge in [-0.1, -0.05) is 24.6 Å². The van der Waals surface area contributed by atoms with Gasteiger partial charge in [-0.15, -0.1) is 6.58 Å². The van der Waals surface area contributed by atoms with Crippen molar-refractivity contribution in [2.75, 3.05) is 20.1 Å². The first-order valence-electron chi connectivity index (χ1n) is 4.15. The van der Waals surface area contributed by atoms with Gasteiger partial charge in [0.25, 0.3) is 0 Å². The minimum atomic E-state index is 0.967. The molecule has 0 aromatic carbocycles. The molecular weight excluding hydrogens is 134 g/mol. The SMILES string of the molecule is C=CCN(C)C/C(C)=C/CC. The molecule has 0 aromatic heterocycles. The predicted octanol–water partition coefficient (Wildman–Crippen LogP) is 2.46. The lowest BCUT2D eigenvalue weighted by Crippen LogP contribution is -2.20. The lowest BCUT2D eigenvalue weighted by molar-refractivity contribution is 0.402. The van der Waals surface area contributed by atoms with Crippen LogP contribution in [0.2, 0.25) is 0 Å². The van der Waals surface area contributed by atoms with E-state index in [0.29, 0.717) is 0 Å². The first kappa shape index (κ1) is 10.4. The highest BCUT2D eigenvalue weighted by molar-refractivity contribution is 5.00. The third-order valence-corrected chi connectivity index (χ3v) is 1.51. The number of rotatable bonds is 5. The average molecular weight is 153 g/mol. The lowest BCUT2D eigenvalue weighted by Gasteiger charge is -2.13. The number of nitrogens with zero attached hydrogens (tertiary/aromatic N) is 1. The zero-order chi connectivity index (χ0) is 8.69. The Bertz CT molecular complexity index is 136. The second-order valence-electron chi connectivity index (χ2n) is 2.94. The van der Waals surface area contributed by atoms with E-state index in [4.69, 9.17) is 0 Å². The standard InChI is InChI=1S/C10H19N/c1-5-7-10(3)9-11(4)8-6-2/h6-7H,2,5,8-9H2,1,3-4H3/b10-7+. The average Bonchev–Trinajstić information content (AvgIpc) is 1.87. The van der Waals surface area contributed by atoms with Gasteiger partial charge in [0.15, 0.2) is 0 Å². The smallest absolute Gasteiger partial charge is 0.0190 e. The quantitative estimate of drug-likeness (QED) is 0.548. The third-order valence-electron chi connectivity index (χ3n) is 1.51. The van der Waals surface area contributed by atoms with Gasteiger partial charge in [-0.3, -0.25) is 4.90 Å². The molecule has 11 heavy (non-hydrogen) atoms. The molecule has 0 fully saturated rings. The molecular formula is C10H19N. The lowest BCUT2D eigenvalue weighted by atomic mass is 10.2. The zero-order valence-electron chi connectivity index (χ0n) is 7.93. The van der Waals surface area contributed by atoms with Crippen LogP contribution in [0.25, 0.3) is 0 Å². The first-order valence-corrected chi connectivity index (χ1v) is 4.15. The Kier molecular flexibility index (Phi) is 5.86. The second-order valence-corrected chi connectivity index (χ2v) is 2.94. The van der Waals surface area contributed by atoms with Crippen molar-refractivity contribution in [3.8, 4) is 0 Å². The van der Waals surface area contributed by atoms with E-state index >= 15 is 0 Å². The first-order chi connectivity index (χ1) is 5.20. The van der Waals surface area contributed by atoms with E-state index in [9.17, 15) is 0 Å². The molecule has 1 nitrogen and oxygen atoms in total. The van der Waals surface area contributed by atoms with Gasteiger partial charge in [0.05, 0.1) is 0 Å². The summed E-state index contributed by atoms with van der Waals surface area (Å²) in [6.07, 6.45) is 5.33. The maximum absolute atomic E-state index is 3.69. The molecule has 0 radical (unpaired) electrons. The van der Waals surface area contributed by atoms with Gasteiger partial charge in [0.1, 0.15) is 0 Å². The van der Waals surface area contributed by atoms with Crippen LogP contribution >= 0.6 is 0 Å². The Morgan fingerprint density at radius 1 is 1.55 bits per heavy atom. The second kappa shape index (κ2) is 6.17. The van der Waals surface area contributed by atoms with Gasteiger partial charge in [-0.05, 0) is 20.4 Å². The molecule has 0 amide bonds. The van der Waals surface area contributed by atoms with Crippen molar-refractivity contribution in [2.24, 2.45) is 0 Å². The summed E-state index contributed by atoms with van der Waals surface area (Å²) < 4.78 is 0. The molecule has 0 unspecified atom stereocenters. The summed E-state index contributed by atoms with van der Waals surface area (Å²) in [5, 5.41) is 0. The van der Waals surface area contributed by atoms with E-state index in [-0.39, 0.29) is 0 Å². The molecule has 1 heteroatoms. The van der Waals surface area contributed by atoms with Crippen LogP contribution in [-0.2, 0) is 0 Å². The molecule has 0 aliphatic carbocycles. The van der Waals surface area contributed by atoms with Crippen LogP contribution in [0.1, 0.15) is 20.3 Å². The molecule has 0 bridgehead atoms. The van der Waals surface area contributed by atoms with Gasteiger partial charge in [-0.2, -0.15) is 0 Å². The molecule has 0 N–H and O–H groups in total. The van der Waals surface area contributed by atoms with Crippen molar-refractivity contribution in [1.29, 1.82) is 0 Å². The number of allylic oxidation sites excluding steroid dienone is 1. The molecule has 0 heterocycles. The highest BCUT2D eigenvalue weighted by atomic mass is 15.1. The fraction of sp³-hybridized carbons (Fsp3) is 0.600. The molecule has 0 spiro atoms. The van der Waals surface area contributed by atoms with E-state index in [0.717, 1.165) is 19.5 Å². The summed E-state index contributed by atoms with van der Waals surface area (Å²) in [6.45, 7) is 10.0. The van der Waals surface area contributed by atoms with Gasteiger partial charge in [0.2, 0.25) is 0 Å². The summed E-state index contributed by atoms with van der Waals surface area (Å²) in [5.74, 6) is 0. The maximum atomic E-state index is 3.69. The largest absolute Gasteiger partial charge is 0.299 e. The van der Waals surface area contributed by atoms with Crippen LogP contribution < -0.4 is 0 Å². The van der Waals surface area contributed by atoms with Gasteiger partial charge in [0, 0.05) is 13.1 Å². The topological polar surface area (TPSA) is 3.24 Å². The van der Waals surface area contributed by atoms with Crippen molar-refractivity contribution in [2.45, 2.75) is 20.3 Å². The zero-order valence-corrected chi connectivity index (χ0v) is 7.93. The van der Waals surface area contributed by atoms with Gasteiger partial charge >= 0.3 is 0 Å². The van der Waals surface area contributed by atoms with Crippen molar-refractivity contribution in [1.82, 2.24) is 4.90 Å². The normalized spacial score (nSPS) is 12.2. The fourth-order valence-corrected chi connectivity index (χ4v) is 1.12. The van der Waals surface area contributed by atoms with Gasteiger partial charge in [-0.25, -0.2) is 0 Å². The monoisotopic (exact) mass is 153 g/mol. The predicted molar refractivity (Wildman–Crippen MR) is 51.7 cm³/mol. The number of hydrogen-bond donors (Lipinski definition) is 0. The van der Waals surface area contributed by atoms with Crippen LogP contribution in [0.4, 0.5) is 0 Å². The molecule has 0 aliphatic rings. The summed E-state index contributed by atoms with van der Waals surface area (Å²) >= 11 is 0. The molecule has 0 atom stereocenters. The minimum absolute atomic E-state index is 0.967. The molecule has 0 aliphatic heterocycles. The van der Waals surface area contributed by atoms with Crippen LogP contribution in [-0.4, -0.2) is 25.0 Å². The van der Waals surface area contributed by atoms with Crippen molar-refractivity contribution >= 4 is 0 Å². The summed E-state index contributed by atoms with van der Waals surface area (Å²) in [4.78, 5) is 2.24. The molecule has 0 aromatic rings. The van der Waals surface area contributed by atoms with E-state index in [1.54, 1.807) is 0 Å². The van der Waals surface area contributed by atoms with Crippen LogP contribution in [0, 0.1) is 0 Å². The van der Waals surface area contributed by atoms with E-state index in [1.165, 1.54) is 5.57 Å². The van der Waals surface area contributed by atoms with Crippen LogP contribution in [0.15, 0.2) is 24.3 Å². The van der Waals surface area contributed by atoms with Crippen molar-refractivity contribution in [3.63, 3.8) is 0 Å². The van der Waals surface area contributed by atoms with Crippen LogP contribution in [0.5, 0.6) is 0 Å². The van der Waals surface area contributed by atoms with E-state index < -0.39 is 0 Å².